The van der Waals surface area contributed by atoms with Gasteiger partial charge in [0.2, 0.25) is 0 Å². The molecule has 4 nitrogen and oxygen atoms in total. The van der Waals surface area contributed by atoms with Gasteiger partial charge in [-0.15, -0.1) is 0 Å². The number of ether oxygens (including phenoxy) is 1. The van der Waals surface area contributed by atoms with Gasteiger partial charge >= 0.3 is 0 Å². The van der Waals surface area contributed by atoms with E-state index in [1.165, 1.54) is 0 Å². The highest BCUT2D eigenvalue weighted by Gasteiger charge is 2.18. The second-order valence-corrected chi connectivity index (χ2v) is 7.37. The molecule has 0 saturated heterocycles. The summed E-state index contributed by atoms with van der Waals surface area (Å²) in [7, 11) is 0. The van der Waals surface area contributed by atoms with Crippen molar-refractivity contribution in [3.05, 3.63) is 95.6 Å². The van der Waals surface area contributed by atoms with E-state index in [9.17, 15) is 9.59 Å². The van der Waals surface area contributed by atoms with E-state index in [2.05, 4.69) is 19.2 Å². The quantitative estimate of drug-likeness (QED) is 0.483. The summed E-state index contributed by atoms with van der Waals surface area (Å²) in [5.74, 6) is 0.634. The molecule has 0 bridgehead atoms. The molecule has 0 radical (unpaired) electrons. The molecule has 0 aliphatic heterocycles. The van der Waals surface area contributed by atoms with Gasteiger partial charge in [0.15, 0.2) is 11.9 Å². The van der Waals surface area contributed by atoms with Crippen LogP contribution in [0, 0.1) is 0 Å². The monoisotopic (exact) mass is 401 g/mol. The SMILES string of the molecule is CC[C@@H](C)c1ccccc1NC(=O)[C@@H](C)Oc1ccc(C(=O)c2ccccc2)cc1. The first-order chi connectivity index (χ1) is 14.5. The van der Waals surface area contributed by atoms with Crippen molar-refractivity contribution in [2.24, 2.45) is 0 Å². The fourth-order valence-corrected chi connectivity index (χ4v) is 3.19. The van der Waals surface area contributed by atoms with Crippen molar-refractivity contribution in [1.82, 2.24) is 0 Å². The smallest absolute Gasteiger partial charge is 0.265 e. The number of carbonyl (C=O) groups excluding carboxylic acids is 2. The molecule has 0 heterocycles. The zero-order valence-electron chi connectivity index (χ0n) is 17.6. The molecule has 1 N–H and O–H groups in total. The normalized spacial score (nSPS) is 12.6. The summed E-state index contributed by atoms with van der Waals surface area (Å²) in [5.41, 5.74) is 3.15. The number of para-hydroxylation sites is 1. The predicted octanol–water partition coefficient (Wildman–Crippen LogP) is 5.84. The van der Waals surface area contributed by atoms with Gasteiger partial charge in [-0.2, -0.15) is 0 Å². The lowest BCUT2D eigenvalue weighted by Gasteiger charge is -2.18. The van der Waals surface area contributed by atoms with Gasteiger partial charge in [0.05, 0.1) is 0 Å². The number of hydrogen-bond acceptors (Lipinski definition) is 3. The first-order valence-corrected chi connectivity index (χ1v) is 10.3. The maximum absolute atomic E-state index is 12.6. The highest BCUT2D eigenvalue weighted by molar-refractivity contribution is 6.09. The van der Waals surface area contributed by atoms with Crippen molar-refractivity contribution in [2.45, 2.75) is 39.2 Å². The Hall–Kier alpha value is -3.40. The molecule has 3 aromatic rings. The van der Waals surface area contributed by atoms with Crippen LogP contribution >= 0.6 is 0 Å². The van der Waals surface area contributed by atoms with Gasteiger partial charge in [0.25, 0.3) is 5.91 Å². The number of ketones is 1. The van der Waals surface area contributed by atoms with Crippen LogP contribution in [-0.4, -0.2) is 17.8 Å². The Bertz CT molecular complexity index is 996. The van der Waals surface area contributed by atoms with Crippen molar-refractivity contribution >= 4 is 17.4 Å². The van der Waals surface area contributed by atoms with Crippen LogP contribution in [0.15, 0.2) is 78.9 Å². The second-order valence-electron chi connectivity index (χ2n) is 7.37. The third-order valence-electron chi connectivity index (χ3n) is 5.20. The average molecular weight is 402 g/mol. The van der Waals surface area contributed by atoms with Gasteiger partial charge in [0.1, 0.15) is 5.75 Å². The van der Waals surface area contributed by atoms with E-state index in [-0.39, 0.29) is 11.7 Å². The van der Waals surface area contributed by atoms with Gasteiger partial charge in [-0.05, 0) is 55.2 Å². The van der Waals surface area contributed by atoms with E-state index in [1.54, 1.807) is 43.3 Å². The van der Waals surface area contributed by atoms with Gasteiger partial charge in [-0.3, -0.25) is 9.59 Å². The Morgan fingerprint density at radius 3 is 2.10 bits per heavy atom. The minimum Gasteiger partial charge on any atom is -0.481 e. The molecule has 0 aliphatic rings. The molecule has 30 heavy (non-hydrogen) atoms. The first kappa shape index (κ1) is 21.3. The summed E-state index contributed by atoms with van der Waals surface area (Å²) in [6, 6.07) is 23.8. The minimum absolute atomic E-state index is 0.0467. The summed E-state index contributed by atoms with van der Waals surface area (Å²) < 4.78 is 5.79. The fourth-order valence-electron chi connectivity index (χ4n) is 3.19. The number of amides is 1. The van der Waals surface area contributed by atoms with Gasteiger partial charge in [-0.25, -0.2) is 0 Å². The molecule has 3 rings (SSSR count). The fraction of sp³-hybridized carbons (Fsp3) is 0.231. The lowest BCUT2D eigenvalue weighted by molar-refractivity contribution is -0.122. The number of anilines is 1. The maximum atomic E-state index is 12.6. The van der Waals surface area contributed by atoms with E-state index in [0.29, 0.717) is 22.8 Å². The Balaban J connectivity index is 1.64. The molecule has 2 atom stereocenters. The Morgan fingerprint density at radius 1 is 0.833 bits per heavy atom. The third kappa shape index (κ3) is 5.15. The molecule has 0 spiro atoms. The predicted molar refractivity (Wildman–Crippen MR) is 120 cm³/mol. The molecule has 0 fully saturated rings. The van der Waals surface area contributed by atoms with E-state index >= 15 is 0 Å². The lowest BCUT2D eigenvalue weighted by Crippen LogP contribution is -2.30. The van der Waals surface area contributed by atoms with E-state index in [1.807, 2.05) is 42.5 Å². The summed E-state index contributed by atoms with van der Waals surface area (Å²) in [5, 5.41) is 2.98. The molecule has 1 amide bonds. The maximum Gasteiger partial charge on any atom is 0.265 e. The standard InChI is InChI=1S/C26H27NO3/c1-4-18(2)23-12-8-9-13-24(23)27-26(29)19(3)30-22-16-14-21(15-17-22)25(28)20-10-6-5-7-11-20/h5-19H,4H2,1-3H3,(H,27,29)/t18-,19-/m1/s1. The molecule has 0 aromatic heterocycles. The van der Waals surface area contributed by atoms with E-state index in [4.69, 9.17) is 4.74 Å². The van der Waals surface area contributed by atoms with Crippen molar-refractivity contribution in [3.8, 4) is 5.75 Å². The van der Waals surface area contributed by atoms with Gasteiger partial charge < -0.3 is 10.1 Å². The molecule has 154 valence electrons. The van der Waals surface area contributed by atoms with Crippen molar-refractivity contribution in [2.75, 3.05) is 5.32 Å². The third-order valence-corrected chi connectivity index (χ3v) is 5.20. The largest absolute Gasteiger partial charge is 0.481 e. The minimum atomic E-state index is -0.675. The number of benzene rings is 3. The van der Waals surface area contributed by atoms with E-state index < -0.39 is 6.10 Å². The van der Waals surface area contributed by atoms with Crippen molar-refractivity contribution in [3.63, 3.8) is 0 Å². The molecule has 3 aromatic carbocycles. The number of rotatable bonds is 8. The first-order valence-electron chi connectivity index (χ1n) is 10.3. The Labute approximate surface area is 177 Å². The molecule has 0 aliphatic carbocycles. The number of nitrogens with one attached hydrogen (secondary N) is 1. The highest BCUT2D eigenvalue weighted by Crippen LogP contribution is 2.27. The second kappa shape index (κ2) is 9.88. The van der Waals surface area contributed by atoms with Crippen LogP contribution in [0.3, 0.4) is 0 Å². The highest BCUT2D eigenvalue weighted by atomic mass is 16.5. The number of hydrogen-bond donors (Lipinski definition) is 1. The topological polar surface area (TPSA) is 55.4 Å². The molecule has 4 heteroatoms. The zero-order valence-corrected chi connectivity index (χ0v) is 17.6. The van der Waals surface area contributed by atoms with Crippen LogP contribution in [0.5, 0.6) is 5.75 Å². The zero-order chi connectivity index (χ0) is 21.5. The van der Waals surface area contributed by atoms with Crippen molar-refractivity contribution in [1.29, 1.82) is 0 Å². The molecular weight excluding hydrogens is 374 g/mol. The van der Waals surface area contributed by atoms with Crippen LogP contribution in [0.4, 0.5) is 5.69 Å². The van der Waals surface area contributed by atoms with Crippen molar-refractivity contribution < 1.29 is 14.3 Å². The van der Waals surface area contributed by atoms with Crippen LogP contribution in [0.25, 0.3) is 0 Å². The summed E-state index contributed by atoms with van der Waals surface area (Å²) in [6.07, 6.45) is 0.318. The van der Waals surface area contributed by atoms with Crippen LogP contribution < -0.4 is 10.1 Å². The lowest BCUT2D eigenvalue weighted by atomic mass is 9.97. The summed E-state index contributed by atoms with van der Waals surface area (Å²) >= 11 is 0. The Kier molecular flexibility index (Phi) is 7.02. The van der Waals surface area contributed by atoms with Crippen LogP contribution in [-0.2, 0) is 4.79 Å². The van der Waals surface area contributed by atoms with Crippen LogP contribution in [0.2, 0.25) is 0 Å². The molecule has 0 saturated carbocycles. The van der Waals surface area contributed by atoms with Gasteiger partial charge in [-0.1, -0.05) is 62.4 Å². The average Bonchev–Trinajstić information content (AvgIpc) is 2.79. The number of carbonyl (C=O) groups is 2. The van der Waals surface area contributed by atoms with Crippen LogP contribution in [0.1, 0.15) is 54.6 Å². The van der Waals surface area contributed by atoms with Gasteiger partial charge in [0, 0.05) is 16.8 Å². The molecular formula is C26H27NO3. The Morgan fingerprint density at radius 2 is 1.43 bits per heavy atom. The molecule has 0 unspecified atom stereocenters. The van der Waals surface area contributed by atoms with E-state index in [0.717, 1.165) is 17.7 Å². The summed E-state index contributed by atoms with van der Waals surface area (Å²) in [4.78, 5) is 25.1. The summed E-state index contributed by atoms with van der Waals surface area (Å²) in [6.45, 7) is 5.98.